The summed E-state index contributed by atoms with van der Waals surface area (Å²) < 4.78 is 5.64. The number of piperidine rings is 1. The fourth-order valence-corrected chi connectivity index (χ4v) is 3.67. The van der Waals surface area contributed by atoms with Crippen LogP contribution in [0.1, 0.15) is 19.3 Å². The molecule has 0 aliphatic carbocycles. The van der Waals surface area contributed by atoms with Crippen LogP contribution in [0.4, 0.5) is 0 Å². The summed E-state index contributed by atoms with van der Waals surface area (Å²) in [6.07, 6.45) is 3.92. The average molecular weight is 269 g/mol. The number of nitrogens with one attached hydrogen (secondary N) is 1. The first kappa shape index (κ1) is 15.2. The molecule has 0 aromatic carbocycles. The zero-order valence-corrected chi connectivity index (χ0v) is 13.0. The summed E-state index contributed by atoms with van der Waals surface area (Å²) in [4.78, 5) is 4.99. The second-order valence-corrected chi connectivity index (χ2v) is 6.78. The second-order valence-electron chi connectivity index (χ2n) is 6.78. The summed E-state index contributed by atoms with van der Waals surface area (Å²) in [5.74, 6) is 0.884. The van der Waals surface area contributed by atoms with E-state index in [2.05, 4.69) is 36.3 Å². The van der Waals surface area contributed by atoms with Crippen LogP contribution in [0.15, 0.2) is 0 Å². The van der Waals surface area contributed by atoms with Crippen LogP contribution in [0.3, 0.4) is 0 Å². The smallest absolute Gasteiger partial charge is 0.0547 e. The Hall–Kier alpha value is -0.160. The van der Waals surface area contributed by atoms with E-state index in [-0.39, 0.29) is 0 Å². The fourth-order valence-electron chi connectivity index (χ4n) is 3.67. The topological polar surface area (TPSA) is 27.7 Å². The summed E-state index contributed by atoms with van der Waals surface area (Å²) in [6.45, 7) is 7.88. The van der Waals surface area contributed by atoms with Crippen LogP contribution in [-0.2, 0) is 4.74 Å². The van der Waals surface area contributed by atoms with Crippen LogP contribution in [0.25, 0.3) is 0 Å². The molecule has 1 N–H and O–H groups in total. The van der Waals surface area contributed by atoms with Gasteiger partial charge in [-0.3, -0.25) is 0 Å². The number of rotatable bonds is 6. The van der Waals surface area contributed by atoms with Gasteiger partial charge < -0.3 is 19.9 Å². The Morgan fingerprint density at radius 1 is 1.37 bits per heavy atom. The van der Waals surface area contributed by atoms with E-state index in [9.17, 15) is 0 Å². The van der Waals surface area contributed by atoms with Crippen molar-refractivity contribution in [3.8, 4) is 0 Å². The summed E-state index contributed by atoms with van der Waals surface area (Å²) in [7, 11) is 6.57. The molecule has 0 aromatic rings. The molecular formula is C15H31N3O. The minimum absolute atomic E-state index is 0.342. The highest BCUT2D eigenvalue weighted by Crippen LogP contribution is 2.29. The monoisotopic (exact) mass is 269 g/mol. The van der Waals surface area contributed by atoms with Crippen molar-refractivity contribution in [3.05, 3.63) is 0 Å². The molecule has 2 aliphatic rings. The third-order valence-electron chi connectivity index (χ3n) is 4.75. The van der Waals surface area contributed by atoms with Gasteiger partial charge in [-0.1, -0.05) is 0 Å². The van der Waals surface area contributed by atoms with Gasteiger partial charge in [0.15, 0.2) is 0 Å². The molecule has 2 fully saturated rings. The van der Waals surface area contributed by atoms with Gasteiger partial charge in [-0.15, -0.1) is 0 Å². The summed E-state index contributed by atoms with van der Waals surface area (Å²) >= 11 is 0. The molecule has 2 rings (SSSR count). The second kappa shape index (κ2) is 7.02. The van der Waals surface area contributed by atoms with Crippen molar-refractivity contribution in [2.24, 2.45) is 11.3 Å². The molecule has 0 spiro atoms. The fraction of sp³-hybridized carbons (Fsp3) is 1.00. The van der Waals surface area contributed by atoms with Crippen LogP contribution in [0, 0.1) is 11.3 Å². The van der Waals surface area contributed by atoms with Crippen molar-refractivity contribution in [1.82, 2.24) is 15.1 Å². The van der Waals surface area contributed by atoms with Gasteiger partial charge in [-0.2, -0.15) is 0 Å². The van der Waals surface area contributed by atoms with Gasteiger partial charge in [0.2, 0.25) is 0 Å². The molecule has 0 amide bonds. The minimum Gasteiger partial charge on any atom is -0.381 e. The average Bonchev–Trinajstić information content (AvgIpc) is 2.81. The van der Waals surface area contributed by atoms with E-state index < -0.39 is 0 Å². The number of ether oxygens (including phenoxy) is 1. The first-order chi connectivity index (χ1) is 9.13. The van der Waals surface area contributed by atoms with Crippen molar-refractivity contribution in [1.29, 1.82) is 0 Å². The van der Waals surface area contributed by atoms with E-state index in [1.54, 1.807) is 0 Å². The van der Waals surface area contributed by atoms with Gasteiger partial charge in [0.05, 0.1) is 6.61 Å². The third kappa shape index (κ3) is 4.42. The molecule has 19 heavy (non-hydrogen) atoms. The van der Waals surface area contributed by atoms with Crippen molar-refractivity contribution in [2.45, 2.75) is 19.3 Å². The van der Waals surface area contributed by atoms with Crippen LogP contribution in [0.2, 0.25) is 0 Å². The van der Waals surface area contributed by atoms with E-state index in [1.807, 2.05) is 0 Å². The van der Waals surface area contributed by atoms with E-state index in [4.69, 9.17) is 4.74 Å². The number of hydrogen-bond acceptors (Lipinski definition) is 4. The highest BCUT2D eigenvalue weighted by atomic mass is 16.5. The molecule has 112 valence electrons. The van der Waals surface area contributed by atoms with E-state index in [0.29, 0.717) is 5.41 Å². The molecule has 2 aliphatic heterocycles. The molecule has 2 heterocycles. The molecule has 0 radical (unpaired) electrons. The van der Waals surface area contributed by atoms with Crippen molar-refractivity contribution >= 4 is 0 Å². The lowest BCUT2D eigenvalue weighted by Crippen LogP contribution is -2.45. The van der Waals surface area contributed by atoms with Crippen molar-refractivity contribution in [3.63, 3.8) is 0 Å². The van der Waals surface area contributed by atoms with E-state index >= 15 is 0 Å². The highest BCUT2D eigenvalue weighted by molar-refractivity contribution is 4.88. The van der Waals surface area contributed by atoms with Gasteiger partial charge in [-0.05, 0) is 59.4 Å². The number of likely N-dealkylation sites (tertiary alicyclic amines) is 1. The SMILES string of the molecule is CNCC1(CN(C)CC2CCN(C)CC2)CCOC1. The molecule has 0 saturated carbocycles. The van der Waals surface area contributed by atoms with Crippen molar-refractivity contribution < 1.29 is 4.74 Å². The maximum absolute atomic E-state index is 5.64. The lowest BCUT2D eigenvalue weighted by atomic mass is 9.86. The predicted molar refractivity (Wildman–Crippen MR) is 79.5 cm³/mol. The molecular weight excluding hydrogens is 238 g/mol. The lowest BCUT2D eigenvalue weighted by Gasteiger charge is -2.36. The molecule has 4 nitrogen and oxygen atoms in total. The zero-order valence-electron chi connectivity index (χ0n) is 13.0. The standard InChI is InChI=1S/C15H31N3O/c1-16-11-15(6-9-19-13-15)12-18(3)10-14-4-7-17(2)8-5-14/h14,16H,4-13H2,1-3H3. The molecule has 2 saturated heterocycles. The predicted octanol–water partition coefficient (Wildman–Crippen LogP) is 0.886. The van der Waals surface area contributed by atoms with Crippen LogP contribution < -0.4 is 5.32 Å². The number of nitrogens with zero attached hydrogens (tertiary/aromatic N) is 2. The minimum atomic E-state index is 0.342. The summed E-state index contributed by atoms with van der Waals surface area (Å²) in [5.41, 5.74) is 0.342. The summed E-state index contributed by atoms with van der Waals surface area (Å²) in [5, 5.41) is 3.35. The number of hydrogen-bond donors (Lipinski definition) is 1. The Morgan fingerprint density at radius 3 is 2.68 bits per heavy atom. The molecule has 0 bridgehead atoms. The third-order valence-corrected chi connectivity index (χ3v) is 4.75. The van der Waals surface area contributed by atoms with E-state index in [1.165, 1.54) is 45.4 Å². The highest BCUT2D eigenvalue weighted by Gasteiger charge is 2.35. The van der Waals surface area contributed by atoms with E-state index in [0.717, 1.165) is 25.7 Å². The largest absolute Gasteiger partial charge is 0.381 e. The van der Waals surface area contributed by atoms with Gasteiger partial charge in [0, 0.05) is 31.7 Å². The van der Waals surface area contributed by atoms with Gasteiger partial charge >= 0.3 is 0 Å². The van der Waals surface area contributed by atoms with Gasteiger partial charge in [0.25, 0.3) is 0 Å². The Kier molecular flexibility index (Phi) is 5.63. The lowest BCUT2D eigenvalue weighted by molar-refractivity contribution is 0.104. The normalized spacial score (nSPS) is 30.3. The van der Waals surface area contributed by atoms with Gasteiger partial charge in [-0.25, -0.2) is 0 Å². The van der Waals surface area contributed by atoms with Crippen LogP contribution in [-0.4, -0.2) is 76.9 Å². The van der Waals surface area contributed by atoms with Crippen LogP contribution >= 0.6 is 0 Å². The quantitative estimate of drug-likeness (QED) is 0.775. The Morgan fingerprint density at radius 2 is 2.11 bits per heavy atom. The maximum Gasteiger partial charge on any atom is 0.0547 e. The van der Waals surface area contributed by atoms with Crippen molar-refractivity contribution in [2.75, 3.05) is 67.1 Å². The molecule has 1 atom stereocenters. The first-order valence-electron chi connectivity index (χ1n) is 7.73. The maximum atomic E-state index is 5.64. The summed E-state index contributed by atoms with van der Waals surface area (Å²) in [6, 6.07) is 0. The Bertz CT molecular complexity index is 258. The molecule has 0 aromatic heterocycles. The Balaban J connectivity index is 1.77. The molecule has 4 heteroatoms. The zero-order chi connectivity index (χ0) is 13.7. The van der Waals surface area contributed by atoms with Gasteiger partial charge in [0.1, 0.15) is 0 Å². The molecule has 1 unspecified atom stereocenters. The first-order valence-corrected chi connectivity index (χ1v) is 7.73. The Labute approximate surface area is 118 Å². The van der Waals surface area contributed by atoms with Crippen LogP contribution in [0.5, 0.6) is 0 Å².